The molecule has 0 fully saturated rings. The lowest BCUT2D eigenvalue weighted by molar-refractivity contribution is 0.630. The molecule has 5 heteroatoms. The zero-order valence-corrected chi connectivity index (χ0v) is 9.55. The molecule has 0 amide bonds. The number of rotatable bonds is 3. The summed E-state index contributed by atoms with van der Waals surface area (Å²) in [6, 6.07) is 4.52. The van der Waals surface area contributed by atoms with Gasteiger partial charge in [-0.25, -0.2) is 9.37 Å². The zero-order valence-electron chi connectivity index (χ0n) is 8.80. The van der Waals surface area contributed by atoms with Crippen molar-refractivity contribution in [1.82, 2.24) is 15.2 Å². The third kappa shape index (κ3) is 2.07. The van der Waals surface area contributed by atoms with Crippen LogP contribution in [0.25, 0.3) is 11.4 Å². The SMILES string of the molecule is CCCc1nc(-c2c(F)cccc2Cl)n[nH]1. The maximum Gasteiger partial charge on any atom is 0.185 e. The summed E-state index contributed by atoms with van der Waals surface area (Å²) in [5.74, 6) is 0.651. The predicted molar refractivity (Wildman–Crippen MR) is 60.8 cm³/mol. The summed E-state index contributed by atoms with van der Waals surface area (Å²) >= 11 is 5.92. The Balaban J connectivity index is 2.42. The lowest BCUT2D eigenvalue weighted by Gasteiger charge is -1.99. The van der Waals surface area contributed by atoms with Crippen LogP contribution in [0.15, 0.2) is 18.2 Å². The summed E-state index contributed by atoms with van der Waals surface area (Å²) < 4.78 is 13.6. The van der Waals surface area contributed by atoms with Crippen LogP contribution in [0.4, 0.5) is 4.39 Å². The van der Waals surface area contributed by atoms with Gasteiger partial charge in [0.25, 0.3) is 0 Å². The Morgan fingerprint density at radius 3 is 2.94 bits per heavy atom. The van der Waals surface area contributed by atoms with Gasteiger partial charge in [0.15, 0.2) is 5.82 Å². The molecule has 1 aromatic heterocycles. The van der Waals surface area contributed by atoms with Crippen LogP contribution in [0, 0.1) is 5.82 Å². The van der Waals surface area contributed by atoms with Gasteiger partial charge in [-0.1, -0.05) is 24.6 Å². The molecule has 16 heavy (non-hydrogen) atoms. The minimum absolute atomic E-state index is 0.253. The molecular formula is C11H11ClFN3. The largest absolute Gasteiger partial charge is 0.263 e. The van der Waals surface area contributed by atoms with E-state index in [0.29, 0.717) is 10.8 Å². The van der Waals surface area contributed by atoms with Gasteiger partial charge in [-0.15, -0.1) is 0 Å². The average Bonchev–Trinajstić information content (AvgIpc) is 2.67. The highest BCUT2D eigenvalue weighted by Crippen LogP contribution is 2.27. The quantitative estimate of drug-likeness (QED) is 0.894. The van der Waals surface area contributed by atoms with Crippen LogP contribution < -0.4 is 0 Å². The minimum Gasteiger partial charge on any atom is -0.263 e. The van der Waals surface area contributed by atoms with E-state index in [1.807, 2.05) is 6.92 Å². The Bertz CT molecular complexity index is 475. The number of hydrogen-bond donors (Lipinski definition) is 1. The summed E-state index contributed by atoms with van der Waals surface area (Å²) in [6.45, 7) is 2.04. The molecule has 0 atom stereocenters. The minimum atomic E-state index is -0.408. The van der Waals surface area contributed by atoms with Gasteiger partial charge in [0, 0.05) is 6.42 Å². The summed E-state index contributed by atoms with van der Waals surface area (Å²) in [6.07, 6.45) is 1.75. The van der Waals surface area contributed by atoms with Crippen molar-refractivity contribution in [3.05, 3.63) is 34.9 Å². The maximum atomic E-state index is 13.6. The predicted octanol–water partition coefficient (Wildman–Crippen LogP) is 3.22. The molecular weight excluding hydrogens is 229 g/mol. The lowest BCUT2D eigenvalue weighted by Crippen LogP contribution is -1.88. The number of benzene rings is 1. The summed E-state index contributed by atoms with van der Waals surface area (Å²) in [7, 11) is 0. The van der Waals surface area contributed by atoms with Gasteiger partial charge in [0.2, 0.25) is 0 Å². The number of hydrogen-bond acceptors (Lipinski definition) is 2. The summed E-state index contributed by atoms with van der Waals surface area (Å²) in [4.78, 5) is 4.20. The van der Waals surface area contributed by atoms with Crippen LogP contribution in [0.1, 0.15) is 19.2 Å². The third-order valence-corrected chi connectivity index (χ3v) is 2.52. The molecule has 0 saturated carbocycles. The summed E-state index contributed by atoms with van der Waals surface area (Å²) in [5.41, 5.74) is 0.253. The van der Waals surface area contributed by atoms with Crippen molar-refractivity contribution in [1.29, 1.82) is 0 Å². The molecule has 1 N–H and O–H groups in total. The van der Waals surface area contributed by atoms with E-state index >= 15 is 0 Å². The molecule has 2 rings (SSSR count). The molecule has 0 unspecified atom stereocenters. The molecule has 2 aromatic rings. The van der Waals surface area contributed by atoms with E-state index in [1.54, 1.807) is 12.1 Å². The van der Waals surface area contributed by atoms with E-state index < -0.39 is 5.82 Å². The second-order valence-corrected chi connectivity index (χ2v) is 3.86. The fourth-order valence-electron chi connectivity index (χ4n) is 1.47. The number of nitrogens with one attached hydrogen (secondary N) is 1. The lowest BCUT2D eigenvalue weighted by atomic mass is 10.2. The molecule has 0 radical (unpaired) electrons. The van der Waals surface area contributed by atoms with E-state index in [2.05, 4.69) is 15.2 Å². The normalized spacial score (nSPS) is 10.7. The van der Waals surface area contributed by atoms with Crippen LogP contribution in [0.2, 0.25) is 5.02 Å². The van der Waals surface area contributed by atoms with Crippen molar-refractivity contribution in [3.63, 3.8) is 0 Å². The first-order chi connectivity index (χ1) is 7.72. The van der Waals surface area contributed by atoms with Gasteiger partial charge in [-0.3, -0.25) is 5.10 Å². The molecule has 0 saturated heterocycles. The number of halogens is 2. The molecule has 0 aliphatic rings. The summed E-state index contributed by atoms with van der Waals surface area (Å²) in [5, 5.41) is 7.06. The van der Waals surface area contributed by atoms with Gasteiger partial charge in [0.05, 0.1) is 10.6 Å². The first kappa shape index (κ1) is 11.1. The van der Waals surface area contributed by atoms with Crippen LogP contribution in [0.3, 0.4) is 0 Å². The van der Waals surface area contributed by atoms with Crippen molar-refractivity contribution < 1.29 is 4.39 Å². The molecule has 1 heterocycles. The highest BCUT2D eigenvalue weighted by atomic mass is 35.5. The van der Waals surface area contributed by atoms with Gasteiger partial charge in [0.1, 0.15) is 11.6 Å². The third-order valence-electron chi connectivity index (χ3n) is 2.20. The number of nitrogens with zero attached hydrogens (tertiary/aromatic N) is 2. The van der Waals surface area contributed by atoms with E-state index in [-0.39, 0.29) is 5.56 Å². The first-order valence-corrected chi connectivity index (χ1v) is 5.46. The van der Waals surface area contributed by atoms with Crippen LogP contribution in [-0.4, -0.2) is 15.2 Å². The van der Waals surface area contributed by atoms with Crippen molar-refractivity contribution in [2.45, 2.75) is 19.8 Å². The zero-order chi connectivity index (χ0) is 11.5. The molecule has 0 bridgehead atoms. The number of H-pyrrole nitrogens is 1. The topological polar surface area (TPSA) is 41.6 Å². The van der Waals surface area contributed by atoms with Gasteiger partial charge in [-0.05, 0) is 18.6 Å². The molecule has 0 spiro atoms. The highest BCUT2D eigenvalue weighted by Gasteiger charge is 2.14. The van der Waals surface area contributed by atoms with Crippen LogP contribution in [-0.2, 0) is 6.42 Å². The number of aromatic nitrogens is 3. The number of aromatic amines is 1. The first-order valence-electron chi connectivity index (χ1n) is 5.08. The van der Waals surface area contributed by atoms with Crippen molar-refractivity contribution in [3.8, 4) is 11.4 Å². The van der Waals surface area contributed by atoms with E-state index in [0.717, 1.165) is 18.7 Å². The van der Waals surface area contributed by atoms with E-state index in [4.69, 9.17) is 11.6 Å². The Kier molecular flexibility index (Phi) is 3.19. The Labute approximate surface area is 97.7 Å². The van der Waals surface area contributed by atoms with Gasteiger partial charge < -0.3 is 0 Å². The van der Waals surface area contributed by atoms with Crippen LogP contribution in [0.5, 0.6) is 0 Å². The highest BCUT2D eigenvalue weighted by molar-refractivity contribution is 6.33. The standard InChI is InChI=1S/C11H11ClFN3/c1-2-4-9-14-11(16-15-9)10-7(12)5-3-6-8(10)13/h3,5-6H,2,4H2,1H3,(H,14,15,16). The van der Waals surface area contributed by atoms with Gasteiger partial charge >= 0.3 is 0 Å². The van der Waals surface area contributed by atoms with E-state index in [9.17, 15) is 4.39 Å². The van der Waals surface area contributed by atoms with Crippen molar-refractivity contribution in [2.24, 2.45) is 0 Å². The van der Waals surface area contributed by atoms with Crippen molar-refractivity contribution >= 4 is 11.6 Å². The molecule has 0 aliphatic heterocycles. The van der Waals surface area contributed by atoms with Gasteiger partial charge in [-0.2, -0.15) is 5.10 Å². The smallest absolute Gasteiger partial charge is 0.185 e. The second-order valence-electron chi connectivity index (χ2n) is 3.45. The molecule has 3 nitrogen and oxygen atoms in total. The molecule has 0 aliphatic carbocycles. The average molecular weight is 240 g/mol. The maximum absolute atomic E-state index is 13.6. The molecule has 1 aromatic carbocycles. The van der Waals surface area contributed by atoms with Crippen molar-refractivity contribution in [2.75, 3.05) is 0 Å². The fourth-order valence-corrected chi connectivity index (χ4v) is 1.71. The van der Waals surface area contributed by atoms with Crippen LogP contribution >= 0.6 is 11.6 Å². The Hall–Kier alpha value is -1.42. The fraction of sp³-hybridized carbons (Fsp3) is 0.273. The van der Waals surface area contributed by atoms with E-state index in [1.165, 1.54) is 6.07 Å². The molecule has 84 valence electrons. The second kappa shape index (κ2) is 4.61. The Morgan fingerprint density at radius 2 is 2.25 bits per heavy atom. The number of aryl methyl sites for hydroxylation is 1. The Morgan fingerprint density at radius 1 is 1.44 bits per heavy atom. The monoisotopic (exact) mass is 239 g/mol.